The van der Waals surface area contributed by atoms with Crippen LogP contribution in [0.2, 0.25) is 0 Å². The molecule has 0 aliphatic rings. The Balaban J connectivity index is 3.02. The maximum Gasteiger partial charge on any atom is 0.339 e. The molecule has 0 saturated carbocycles. The molecule has 0 atom stereocenters. The van der Waals surface area contributed by atoms with E-state index in [0.717, 1.165) is 0 Å². The van der Waals surface area contributed by atoms with Gasteiger partial charge in [0.25, 0.3) is 0 Å². The third-order valence-electron chi connectivity index (χ3n) is 1.79. The average Bonchev–Trinajstić information content (AvgIpc) is 2.18. The van der Waals surface area contributed by atoms with Gasteiger partial charge in [-0.1, -0.05) is 12.1 Å². The van der Waals surface area contributed by atoms with Crippen molar-refractivity contribution < 1.29 is 14.6 Å². The van der Waals surface area contributed by atoms with E-state index in [1.54, 1.807) is 31.2 Å². The second kappa shape index (κ2) is 4.46. The highest BCUT2D eigenvalue weighted by molar-refractivity contribution is 5.90. The quantitative estimate of drug-likeness (QED) is 0.749. The predicted octanol–water partition coefficient (Wildman–Crippen LogP) is 2.69. The summed E-state index contributed by atoms with van der Waals surface area (Å²) in [4.78, 5) is 10.8. The molecular weight excluding hydrogens is 180 g/mol. The number of aromatic carboxylic acids is 1. The molecule has 14 heavy (non-hydrogen) atoms. The van der Waals surface area contributed by atoms with Gasteiger partial charge in [0.15, 0.2) is 0 Å². The van der Waals surface area contributed by atoms with Crippen LogP contribution < -0.4 is 4.74 Å². The molecule has 3 heteroatoms. The van der Waals surface area contributed by atoms with E-state index < -0.39 is 5.97 Å². The number of para-hydroxylation sites is 1. The van der Waals surface area contributed by atoms with E-state index >= 15 is 0 Å². The normalized spacial score (nSPS) is 11.1. The van der Waals surface area contributed by atoms with Crippen LogP contribution in [0.4, 0.5) is 0 Å². The van der Waals surface area contributed by atoms with Crippen LogP contribution in [0.1, 0.15) is 24.2 Å². The van der Waals surface area contributed by atoms with E-state index in [-0.39, 0.29) is 5.56 Å². The van der Waals surface area contributed by atoms with Crippen molar-refractivity contribution in [3.63, 3.8) is 0 Å². The minimum absolute atomic E-state index is 0.175. The first-order valence-electron chi connectivity index (χ1n) is 4.28. The summed E-state index contributed by atoms with van der Waals surface area (Å²) in [5.74, 6) is 0.0683. The number of ether oxygens (including phenoxy) is 1. The van der Waals surface area contributed by atoms with E-state index in [0.29, 0.717) is 11.5 Å². The molecule has 0 unspecified atom stereocenters. The molecule has 1 aromatic rings. The molecule has 0 amide bonds. The number of allylic oxidation sites excluding steroid dienone is 2. The molecule has 1 aromatic carbocycles. The fourth-order valence-electron chi connectivity index (χ4n) is 0.965. The topological polar surface area (TPSA) is 46.5 Å². The second-order valence-electron chi connectivity index (χ2n) is 2.80. The van der Waals surface area contributed by atoms with Gasteiger partial charge >= 0.3 is 5.97 Å². The lowest BCUT2D eigenvalue weighted by Gasteiger charge is -2.07. The molecule has 0 aromatic heterocycles. The number of benzene rings is 1. The molecule has 74 valence electrons. The lowest BCUT2D eigenvalue weighted by Crippen LogP contribution is -2.01. The van der Waals surface area contributed by atoms with Crippen molar-refractivity contribution in [2.45, 2.75) is 13.8 Å². The van der Waals surface area contributed by atoms with Crippen molar-refractivity contribution >= 4 is 5.97 Å². The van der Waals surface area contributed by atoms with Gasteiger partial charge in [-0.3, -0.25) is 0 Å². The van der Waals surface area contributed by atoms with Crippen molar-refractivity contribution in [1.82, 2.24) is 0 Å². The smallest absolute Gasteiger partial charge is 0.339 e. The second-order valence-corrected chi connectivity index (χ2v) is 2.80. The van der Waals surface area contributed by atoms with Crippen molar-refractivity contribution in [3.05, 3.63) is 41.7 Å². The first kappa shape index (κ1) is 10.3. The first-order valence-corrected chi connectivity index (χ1v) is 4.28. The largest absolute Gasteiger partial charge is 0.478 e. The fraction of sp³-hybridized carbons (Fsp3) is 0.182. The van der Waals surface area contributed by atoms with E-state index in [1.165, 1.54) is 6.07 Å². The molecule has 0 heterocycles. The Bertz CT molecular complexity index is 367. The number of carboxylic acid groups (broad SMARTS) is 1. The monoisotopic (exact) mass is 192 g/mol. The van der Waals surface area contributed by atoms with Crippen molar-refractivity contribution in [3.8, 4) is 5.75 Å². The maximum absolute atomic E-state index is 10.8. The van der Waals surface area contributed by atoms with E-state index in [2.05, 4.69) is 0 Å². The van der Waals surface area contributed by atoms with E-state index in [1.807, 2.05) is 6.92 Å². The van der Waals surface area contributed by atoms with Crippen molar-refractivity contribution in [1.29, 1.82) is 0 Å². The lowest BCUT2D eigenvalue weighted by atomic mass is 10.2. The number of hydrogen-bond donors (Lipinski definition) is 1. The first-order chi connectivity index (χ1) is 6.65. The highest BCUT2D eigenvalue weighted by Crippen LogP contribution is 2.19. The molecule has 0 aliphatic heterocycles. The molecule has 3 nitrogen and oxygen atoms in total. The van der Waals surface area contributed by atoms with Crippen LogP contribution in [0, 0.1) is 0 Å². The van der Waals surface area contributed by atoms with Gasteiger partial charge < -0.3 is 9.84 Å². The van der Waals surface area contributed by atoms with E-state index in [9.17, 15) is 4.79 Å². The lowest BCUT2D eigenvalue weighted by molar-refractivity contribution is 0.0694. The van der Waals surface area contributed by atoms with Crippen molar-refractivity contribution in [2.24, 2.45) is 0 Å². The summed E-state index contributed by atoms with van der Waals surface area (Å²) in [5.41, 5.74) is 0.175. The minimum atomic E-state index is -0.982. The fourth-order valence-corrected chi connectivity index (χ4v) is 0.965. The Hall–Kier alpha value is -1.77. The number of carbonyl (C=O) groups is 1. The van der Waals surface area contributed by atoms with Crippen molar-refractivity contribution in [2.75, 3.05) is 0 Å². The SMILES string of the molecule is CC=C(C)Oc1ccccc1C(=O)O. The molecule has 0 aliphatic carbocycles. The highest BCUT2D eigenvalue weighted by atomic mass is 16.5. The Morgan fingerprint density at radius 3 is 2.64 bits per heavy atom. The predicted molar refractivity (Wildman–Crippen MR) is 53.5 cm³/mol. The number of rotatable bonds is 3. The zero-order chi connectivity index (χ0) is 10.6. The van der Waals surface area contributed by atoms with Gasteiger partial charge in [-0.15, -0.1) is 0 Å². The summed E-state index contributed by atoms with van der Waals surface area (Å²) in [6.07, 6.45) is 1.78. The highest BCUT2D eigenvalue weighted by Gasteiger charge is 2.09. The molecule has 0 fully saturated rings. The third kappa shape index (κ3) is 2.36. The average molecular weight is 192 g/mol. The zero-order valence-corrected chi connectivity index (χ0v) is 8.15. The summed E-state index contributed by atoms with van der Waals surface area (Å²) >= 11 is 0. The van der Waals surface area contributed by atoms with Crippen LogP contribution in [-0.2, 0) is 0 Å². The summed E-state index contributed by atoms with van der Waals surface area (Å²) < 4.78 is 5.34. The Labute approximate surface area is 82.6 Å². The molecule has 1 N–H and O–H groups in total. The summed E-state index contributed by atoms with van der Waals surface area (Å²) in [6, 6.07) is 6.56. The van der Waals surface area contributed by atoms with Crippen LogP contribution in [0.25, 0.3) is 0 Å². The third-order valence-corrected chi connectivity index (χ3v) is 1.79. The Morgan fingerprint density at radius 2 is 2.07 bits per heavy atom. The summed E-state index contributed by atoms with van der Waals surface area (Å²) in [7, 11) is 0. The van der Waals surface area contributed by atoms with Gasteiger partial charge in [-0.25, -0.2) is 4.79 Å². The van der Waals surface area contributed by atoms with Crippen LogP contribution >= 0.6 is 0 Å². The zero-order valence-electron chi connectivity index (χ0n) is 8.15. The summed E-state index contributed by atoms with van der Waals surface area (Å²) in [6.45, 7) is 3.61. The van der Waals surface area contributed by atoms with Crippen LogP contribution in [-0.4, -0.2) is 11.1 Å². The molecule has 0 saturated heterocycles. The van der Waals surface area contributed by atoms with Crippen LogP contribution in [0.3, 0.4) is 0 Å². The molecule has 1 rings (SSSR count). The Kier molecular flexibility index (Phi) is 3.29. The number of carboxylic acids is 1. The van der Waals surface area contributed by atoms with Gasteiger partial charge in [-0.2, -0.15) is 0 Å². The van der Waals surface area contributed by atoms with Gasteiger partial charge in [0.2, 0.25) is 0 Å². The van der Waals surface area contributed by atoms with Crippen LogP contribution in [0.15, 0.2) is 36.1 Å². The standard InChI is InChI=1S/C11H12O3/c1-3-8(2)14-10-7-5-4-6-9(10)11(12)13/h3-7H,1-2H3,(H,12,13). The number of hydrogen-bond acceptors (Lipinski definition) is 2. The summed E-state index contributed by atoms with van der Waals surface area (Å²) in [5, 5.41) is 8.85. The van der Waals surface area contributed by atoms with E-state index in [4.69, 9.17) is 9.84 Å². The molecule has 0 spiro atoms. The van der Waals surface area contributed by atoms with Gasteiger partial charge in [0.1, 0.15) is 11.3 Å². The molecule has 0 radical (unpaired) electrons. The Morgan fingerprint density at radius 1 is 1.43 bits per heavy atom. The van der Waals surface area contributed by atoms with Gasteiger partial charge in [-0.05, 0) is 32.1 Å². The van der Waals surface area contributed by atoms with Gasteiger partial charge in [0.05, 0.1) is 5.76 Å². The molecule has 0 bridgehead atoms. The molecular formula is C11H12O3. The minimum Gasteiger partial charge on any atom is -0.478 e. The van der Waals surface area contributed by atoms with Gasteiger partial charge in [0, 0.05) is 0 Å². The van der Waals surface area contributed by atoms with Crippen LogP contribution in [0.5, 0.6) is 5.75 Å². The maximum atomic E-state index is 10.8.